The molecule has 0 spiro atoms. The maximum absolute atomic E-state index is 12.4. The first-order chi connectivity index (χ1) is 16.5. The maximum Gasteiger partial charge on any atom is 0.368 e. The molecule has 0 radical (unpaired) electrons. The van der Waals surface area contributed by atoms with Gasteiger partial charge in [0.05, 0.1) is 12.8 Å². The van der Waals surface area contributed by atoms with Crippen molar-refractivity contribution < 1.29 is 9.47 Å². The van der Waals surface area contributed by atoms with Gasteiger partial charge in [-0.05, 0) is 81.2 Å². The first kappa shape index (κ1) is 21.5. The van der Waals surface area contributed by atoms with Crippen molar-refractivity contribution >= 4 is 10.8 Å². The number of methoxy groups -OCH3 is 1. The summed E-state index contributed by atoms with van der Waals surface area (Å²) in [6.07, 6.45) is 0. The van der Waals surface area contributed by atoms with Gasteiger partial charge in [0.25, 0.3) is 0 Å². The first-order valence-electron chi connectivity index (χ1n) is 10.9. The molecule has 0 fully saturated rings. The largest absolute Gasteiger partial charge is 0.497 e. The summed E-state index contributed by atoms with van der Waals surface area (Å²) in [7, 11) is 3.25. The predicted octanol–water partition coefficient (Wildman–Crippen LogP) is 4.68. The maximum atomic E-state index is 12.4. The molecule has 0 aliphatic rings. The Morgan fingerprint density at radius 1 is 0.824 bits per heavy atom. The molecular formula is C27H24N4O3. The molecule has 0 saturated carbocycles. The highest BCUT2D eigenvalue weighted by Gasteiger charge is 2.14. The van der Waals surface area contributed by atoms with Crippen LogP contribution in [0.5, 0.6) is 11.5 Å². The minimum Gasteiger partial charge on any atom is -0.497 e. The Kier molecular flexibility index (Phi) is 5.59. The van der Waals surface area contributed by atoms with Crippen LogP contribution in [-0.2, 0) is 13.7 Å². The van der Waals surface area contributed by atoms with E-state index in [1.54, 1.807) is 14.2 Å². The lowest BCUT2D eigenvalue weighted by Crippen LogP contribution is -2.23. The van der Waals surface area contributed by atoms with Crippen LogP contribution in [0.2, 0.25) is 0 Å². The summed E-state index contributed by atoms with van der Waals surface area (Å²) in [5.41, 5.74) is 4.50. The second-order valence-electron chi connectivity index (χ2n) is 8.11. The van der Waals surface area contributed by atoms with Crippen LogP contribution in [0.3, 0.4) is 0 Å². The lowest BCUT2D eigenvalue weighted by atomic mass is 10.0. The number of hydrogen-bond donors (Lipinski definition) is 0. The molecule has 0 atom stereocenters. The normalized spacial score (nSPS) is 11.0. The highest BCUT2D eigenvalue weighted by molar-refractivity contribution is 5.88. The number of benzene rings is 4. The molecule has 0 saturated heterocycles. The fourth-order valence-electron chi connectivity index (χ4n) is 3.99. The van der Waals surface area contributed by atoms with Gasteiger partial charge >= 0.3 is 5.69 Å². The SMILES string of the molecule is COc1cccc(-c2ccc3cc(OCc4c(C)cccc4-n4nnn(C)c4=O)ccc3c2)c1. The average Bonchev–Trinajstić information content (AvgIpc) is 3.20. The molecule has 0 N–H and O–H groups in total. The van der Waals surface area contributed by atoms with Gasteiger partial charge < -0.3 is 9.47 Å². The highest BCUT2D eigenvalue weighted by Crippen LogP contribution is 2.29. The number of ether oxygens (including phenoxy) is 2. The van der Waals surface area contributed by atoms with Crippen molar-refractivity contribution in [2.45, 2.75) is 13.5 Å². The zero-order valence-electron chi connectivity index (χ0n) is 19.2. The second-order valence-corrected chi connectivity index (χ2v) is 8.11. The Balaban J connectivity index is 1.41. The quantitative estimate of drug-likeness (QED) is 0.374. The van der Waals surface area contributed by atoms with Gasteiger partial charge in [-0.15, -0.1) is 0 Å². The number of nitrogens with zero attached hydrogens (tertiary/aromatic N) is 4. The van der Waals surface area contributed by atoms with Crippen LogP contribution in [0.4, 0.5) is 0 Å². The van der Waals surface area contributed by atoms with Crippen molar-refractivity contribution in [2.24, 2.45) is 7.05 Å². The summed E-state index contributed by atoms with van der Waals surface area (Å²) in [6, 6.07) is 26.2. The Morgan fingerprint density at radius 3 is 2.38 bits per heavy atom. The van der Waals surface area contributed by atoms with Crippen molar-refractivity contribution in [3.05, 3.63) is 100 Å². The molecule has 0 aliphatic carbocycles. The van der Waals surface area contributed by atoms with E-state index in [2.05, 4.69) is 40.8 Å². The second kappa shape index (κ2) is 8.86. The molecule has 170 valence electrons. The Labute approximate surface area is 196 Å². The van der Waals surface area contributed by atoms with E-state index in [9.17, 15) is 4.79 Å². The van der Waals surface area contributed by atoms with Gasteiger partial charge in [-0.3, -0.25) is 0 Å². The van der Waals surface area contributed by atoms with Gasteiger partial charge in [0, 0.05) is 12.6 Å². The molecule has 0 amide bonds. The van der Waals surface area contributed by atoms with Crippen molar-refractivity contribution in [1.29, 1.82) is 0 Å². The summed E-state index contributed by atoms with van der Waals surface area (Å²) in [6.45, 7) is 2.29. The molecular weight excluding hydrogens is 428 g/mol. The van der Waals surface area contributed by atoms with Gasteiger partial charge in [0.2, 0.25) is 0 Å². The van der Waals surface area contributed by atoms with E-state index >= 15 is 0 Å². The summed E-state index contributed by atoms with van der Waals surface area (Å²) in [5, 5.41) is 10.0. The monoisotopic (exact) mass is 452 g/mol. The molecule has 1 heterocycles. The molecule has 4 aromatic carbocycles. The van der Waals surface area contributed by atoms with Crippen molar-refractivity contribution in [3.63, 3.8) is 0 Å². The molecule has 34 heavy (non-hydrogen) atoms. The van der Waals surface area contributed by atoms with E-state index in [1.807, 2.05) is 55.5 Å². The number of fused-ring (bicyclic) bond motifs is 1. The third-order valence-corrected chi connectivity index (χ3v) is 5.93. The van der Waals surface area contributed by atoms with Gasteiger partial charge in [0.15, 0.2) is 0 Å². The number of hydrogen-bond acceptors (Lipinski definition) is 5. The first-order valence-corrected chi connectivity index (χ1v) is 10.9. The van der Waals surface area contributed by atoms with Gasteiger partial charge in [0.1, 0.15) is 18.1 Å². The average molecular weight is 453 g/mol. The van der Waals surface area contributed by atoms with E-state index in [1.165, 1.54) is 9.36 Å². The molecule has 0 bridgehead atoms. The highest BCUT2D eigenvalue weighted by atomic mass is 16.5. The summed E-state index contributed by atoms with van der Waals surface area (Å²) >= 11 is 0. The molecule has 5 aromatic rings. The number of rotatable bonds is 6. The molecule has 5 rings (SSSR count). The lowest BCUT2D eigenvalue weighted by molar-refractivity contribution is 0.305. The molecule has 0 aliphatic heterocycles. The third kappa shape index (κ3) is 4.03. The molecule has 1 aromatic heterocycles. The van der Waals surface area contributed by atoms with Gasteiger partial charge in [-0.25, -0.2) is 4.79 Å². The van der Waals surface area contributed by atoms with Crippen LogP contribution < -0.4 is 15.2 Å². The van der Waals surface area contributed by atoms with Crippen LogP contribution in [-0.4, -0.2) is 26.9 Å². The minimum atomic E-state index is -0.301. The molecule has 7 nitrogen and oxygen atoms in total. The standard InChI is InChI=1S/C27H24N4O3/c1-18-6-4-9-26(31-27(32)30(2)28-29-31)25(18)17-34-24-13-12-21-14-20(10-11-22(21)16-24)19-7-5-8-23(15-19)33-3/h4-16H,17H2,1-3H3. The van der Waals surface area contributed by atoms with Crippen molar-refractivity contribution in [3.8, 4) is 28.3 Å². The van der Waals surface area contributed by atoms with E-state index in [4.69, 9.17) is 9.47 Å². The summed E-state index contributed by atoms with van der Waals surface area (Å²) in [5.74, 6) is 1.59. The van der Waals surface area contributed by atoms with Crippen LogP contribution in [0.25, 0.3) is 27.6 Å². The van der Waals surface area contributed by atoms with E-state index in [0.29, 0.717) is 12.3 Å². The third-order valence-electron chi connectivity index (χ3n) is 5.93. The topological polar surface area (TPSA) is 71.2 Å². The summed E-state index contributed by atoms with van der Waals surface area (Å²) in [4.78, 5) is 12.4. The van der Waals surface area contributed by atoms with E-state index in [0.717, 1.165) is 44.5 Å². The lowest BCUT2D eigenvalue weighted by Gasteiger charge is -2.13. The number of tetrazole rings is 1. The fourth-order valence-corrected chi connectivity index (χ4v) is 3.99. The zero-order valence-corrected chi connectivity index (χ0v) is 19.2. The Hall–Kier alpha value is -4.39. The fraction of sp³-hybridized carbons (Fsp3) is 0.148. The molecule has 0 unspecified atom stereocenters. The van der Waals surface area contributed by atoms with Crippen LogP contribution in [0.1, 0.15) is 11.1 Å². The number of aryl methyl sites for hydroxylation is 2. The van der Waals surface area contributed by atoms with Crippen molar-refractivity contribution in [1.82, 2.24) is 19.8 Å². The van der Waals surface area contributed by atoms with Crippen LogP contribution >= 0.6 is 0 Å². The number of aromatic nitrogens is 4. The zero-order chi connectivity index (χ0) is 23.7. The molecule has 7 heteroatoms. The van der Waals surface area contributed by atoms with Crippen LogP contribution in [0, 0.1) is 6.92 Å². The Bertz CT molecular complexity index is 1550. The van der Waals surface area contributed by atoms with E-state index in [-0.39, 0.29) is 5.69 Å². The summed E-state index contributed by atoms with van der Waals surface area (Å²) < 4.78 is 14.0. The van der Waals surface area contributed by atoms with E-state index < -0.39 is 0 Å². The van der Waals surface area contributed by atoms with Crippen LogP contribution in [0.15, 0.2) is 83.7 Å². The van der Waals surface area contributed by atoms with Gasteiger partial charge in [-0.2, -0.15) is 9.36 Å². The van der Waals surface area contributed by atoms with Gasteiger partial charge in [-0.1, -0.05) is 42.5 Å². The Morgan fingerprint density at radius 2 is 1.59 bits per heavy atom. The smallest absolute Gasteiger partial charge is 0.368 e. The minimum absolute atomic E-state index is 0.301. The predicted molar refractivity (Wildman–Crippen MR) is 132 cm³/mol. The van der Waals surface area contributed by atoms with Crippen molar-refractivity contribution in [2.75, 3.05) is 7.11 Å².